The average Bonchev–Trinajstić information content (AvgIpc) is 2.76. The summed E-state index contributed by atoms with van der Waals surface area (Å²) < 4.78 is 31.3. The number of terminal acetylenes is 1. The molecule has 0 fully saturated rings. The summed E-state index contributed by atoms with van der Waals surface area (Å²) in [4.78, 5) is 24.4. The smallest absolute Gasteiger partial charge is 0.338 e. The summed E-state index contributed by atoms with van der Waals surface area (Å²) in [6.45, 7) is 3.40. The second kappa shape index (κ2) is 10.6. The van der Waals surface area contributed by atoms with Crippen LogP contribution in [0, 0.1) is 12.3 Å². The second-order valence-electron chi connectivity index (χ2n) is 6.34. The van der Waals surface area contributed by atoms with Gasteiger partial charge in [0.2, 0.25) is 10.0 Å². The number of ether oxygens (including phenoxy) is 1. The number of hydrogen-bond acceptors (Lipinski definition) is 5. The van der Waals surface area contributed by atoms with Gasteiger partial charge in [0.05, 0.1) is 17.0 Å². The minimum atomic E-state index is -3.75. The van der Waals surface area contributed by atoms with E-state index in [2.05, 4.69) is 16.0 Å². The maximum Gasteiger partial charge on any atom is 0.338 e. The van der Waals surface area contributed by atoms with Crippen LogP contribution < -0.4 is 10.0 Å². The first-order chi connectivity index (χ1) is 14.3. The van der Waals surface area contributed by atoms with E-state index in [4.69, 9.17) is 11.2 Å². The number of sulfonamides is 1. The lowest BCUT2D eigenvalue weighted by Crippen LogP contribution is -2.24. The van der Waals surface area contributed by atoms with Gasteiger partial charge in [-0.15, -0.1) is 6.42 Å². The van der Waals surface area contributed by atoms with Crippen LogP contribution in [0.15, 0.2) is 47.4 Å². The van der Waals surface area contributed by atoms with Crippen LogP contribution in [0.2, 0.25) is 0 Å². The molecule has 158 valence electrons. The number of aryl methyl sites for hydroxylation is 2. The normalized spacial score (nSPS) is 10.8. The molecule has 0 heterocycles. The minimum Gasteiger partial charge on any atom is -0.452 e. The van der Waals surface area contributed by atoms with Crippen molar-refractivity contribution in [2.45, 2.75) is 31.6 Å². The molecule has 0 aliphatic heterocycles. The van der Waals surface area contributed by atoms with Crippen LogP contribution in [0.3, 0.4) is 0 Å². The Balaban J connectivity index is 1.99. The van der Waals surface area contributed by atoms with Gasteiger partial charge in [-0.3, -0.25) is 4.79 Å². The van der Waals surface area contributed by atoms with Gasteiger partial charge in [-0.25, -0.2) is 13.2 Å². The number of amides is 1. The van der Waals surface area contributed by atoms with Crippen molar-refractivity contribution in [1.29, 1.82) is 0 Å². The summed E-state index contributed by atoms with van der Waals surface area (Å²) in [6.07, 6.45) is 6.56. The van der Waals surface area contributed by atoms with Gasteiger partial charge < -0.3 is 10.1 Å². The maximum atomic E-state index is 12.3. The van der Waals surface area contributed by atoms with E-state index in [0.29, 0.717) is 0 Å². The van der Waals surface area contributed by atoms with E-state index < -0.39 is 28.5 Å². The van der Waals surface area contributed by atoms with E-state index in [1.54, 1.807) is 0 Å². The molecule has 2 aromatic carbocycles. The average molecular weight is 429 g/mol. The molecule has 0 aliphatic carbocycles. The standard InChI is InChI=1S/C22H24N2O5S/c1-4-14-23-30(27,28)19-12-10-18(11-13-19)22(26)29-15-20(25)24-21-16(5-2)8-7-9-17(21)6-3/h1,7-13,23H,5-6,14-15H2,2-3H3,(H,24,25). The fourth-order valence-corrected chi connectivity index (χ4v) is 3.72. The maximum absolute atomic E-state index is 12.3. The largest absolute Gasteiger partial charge is 0.452 e. The molecule has 0 atom stereocenters. The summed E-state index contributed by atoms with van der Waals surface area (Å²) in [6, 6.07) is 11.0. The monoisotopic (exact) mass is 428 g/mol. The highest BCUT2D eigenvalue weighted by molar-refractivity contribution is 7.89. The van der Waals surface area contributed by atoms with Crippen molar-refractivity contribution in [3.8, 4) is 12.3 Å². The SMILES string of the molecule is C#CCNS(=O)(=O)c1ccc(C(=O)OCC(=O)Nc2c(CC)cccc2CC)cc1. The van der Waals surface area contributed by atoms with Gasteiger partial charge in [-0.05, 0) is 48.2 Å². The zero-order valence-corrected chi connectivity index (χ0v) is 17.7. The van der Waals surface area contributed by atoms with E-state index in [1.165, 1.54) is 24.3 Å². The van der Waals surface area contributed by atoms with Crippen molar-refractivity contribution >= 4 is 27.6 Å². The third kappa shape index (κ3) is 5.92. The van der Waals surface area contributed by atoms with Crippen molar-refractivity contribution in [2.75, 3.05) is 18.5 Å². The van der Waals surface area contributed by atoms with E-state index in [9.17, 15) is 18.0 Å². The van der Waals surface area contributed by atoms with Gasteiger partial charge in [0, 0.05) is 5.69 Å². The summed E-state index contributed by atoms with van der Waals surface area (Å²) in [7, 11) is -3.75. The lowest BCUT2D eigenvalue weighted by Gasteiger charge is -2.14. The summed E-state index contributed by atoms with van der Waals surface area (Å²) in [5.41, 5.74) is 2.88. The van der Waals surface area contributed by atoms with E-state index >= 15 is 0 Å². The van der Waals surface area contributed by atoms with Crippen LogP contribution >= 0.6 is 0 Å². The van der Waals surface area contributed by atoms with Gasteiger partial charge in [-0.1, -0.05) is 38.0 Å². The van der Waals surface area contributed by atoms with E-state index in [0.717, 1.165) is 29.7 Å². The van der Waals surface area contributed by atoms with E-state index in [1.807, 2.05) is 32.0 Å². The quantitative estimate of drug-likeness (QED) is 0.472. The number of carbonyl (C=O) groups excluding carboxylic acids is 2. The molecule has 1 amide bonds. The van der Waals surface area contributed by atoms with Crippen LogP contribution in [0.1, 0.15) is 35.3 Å². The zero-order valence-electron chi connectivity index (χ0n) is 16.9. The molecule has 8 heteroatoms. The molecular formula is C22H24N2O5S. The van der Waals surface area contributed by atoms with Crippen LogP contribution in [-0.4, -0.2) is 33.4 Å². The number of rotatable bonds is 9. The Hall–Kier alpha value is -3.15. The first kappa shape index (κ1) is 23.1. The summed E-state index contributed by atoms with van der Waals surface area (Å²) >= 11 is 0. The van der Waals surface area contributed by atoms with Gasteiger partial charge >= 0.3 is 5.97 Å². The zero-order chi connectivity index (χ0) is 22.1. The van der Waals surface area contributed by atoms with Crippen molar-refractivity contribution in [3.05, 3.63) is 59.2 Å². The van der Waals surface area contributed by atoms with Crippen molar-refractivity contribution < 1.29 is 22.7 Å². The van der Waals surface area contributed by atoms with Crippen molar-refractivity contribution in [1.82, 2.24) is 4.72 Å². The van der Waals surface area contributed by atoms with Crippen LogP contribution in [-0.2, 0) is 32.4 Å². The Labute approximate surface area is 176 Å². The van der Waals surface area contributed by atoms with E-state index in [-0.39, 0.29) is 17.0 Å². The Kier molecular flexibility index (Phi) is 8.16. The molecular weight excluding hydrogens is 404 g/mol. The first-order valence-corrected chi connectivity index (χ1v) is 10.9. The Bertz CT molecular complexity index is 1030. The van der Waals surface area contributed by atoms with Crippen LogP contribution in [0.5, 0.6) is 0 Å². The number of para-hydroxylation sites is 1. The fraction of sp³-hybridized carbons (Fsp3) is 0.273. The topological polar surface area (TPSA) is 102 Å². The molecule has 0 saturated carbocycles. The predicted octanol–water partition coefficient (Wildman–Crippen LogP) is 2.52. The number of esters is 1. The third-order valence-corrected chi connectivity index (χ3v) is 5.78. The van der Waals surface area contributed by atoms with Gasteiger partial charge in [0.15, 0.2) is 6.61 Å². The number of benzene rings is 2. The number of nitrogens with one attached hydrogen (secondary N) is 2. The summed E-state index contributed by atoms with van der Waals surface area (Å²) in [5.74, 6) is 1.00. The molecule has 0 saturated heterocycles. The summed E-state index contributed by atoms with van der Waals surface area (Å²) in [5, 5.41) is 2.82. The van der Waals surface area contributed by atoms with Crippen LogP contribution in [0.25, 0.3) is 0 Å². The molecule has 0 radical (unpaired) electrons. The van der Waals surface area contributed by atoms with Crippen molar-refractivity contribution in [3.63, 3.8) is 0 Å². The second-order valence-corrected chi connectivity index (χ2v) is 8.10. The fourth-order valence-electron chi connectivity index (χ4n) is 2.78. The molecule has 30 heavy (non-hydrogen) atoms. The molecule has 0 aliphatic rings. The lowest BCUT2D eigenvalue weighted by molar-refractivity contribution is -0.119. The number of carbonyl (C=O) groups is 2. The Morgan fingerprint density at radius 2 is 1.63 bits per heavy atom. The first-order valence-electron chi connectivity index (χ1n) is 9.43. The molecule has 2 aromatic rings. The highest BCUT2D eigenvalue weighted by Gasteiger charge is 2.16. The van der Waals surface area contributed by atoms with Gasteiger partial charge in [-0.2, -0.15) is 4.72 Å². The minimum absolute atomic E-state index is 0.0321. The molecule has 0 spiro atoms. The predicted molar refractivity (Wildman–Crippen MR) is 115 cm³/mol. The Morgan fingerprint density at radius 1 is 1.03 bits per heavy atom. The molecule has 0 aromatic heterocycles. The van der Waals surface area contributed by atoms with Gasteiger partial charge in [0.25, 0.3) is 5.91 Å². The molecule has 2 N–H and O–H groups in total. The van der Waals surface area contributed by atoms with Crippen molar-refractivity contribution in [2.24, 2.45) is 0 Å². The highest BCUT2D eigenvalue weighted by atomic mass is 32.2. The number of anilines is 1. The lowest BCUT2D eigenvalue weighted by atomic mass is 10.0. The molecule has 7 nitrogen and oxygen atoms in total. The molecule has 0 bridgehead atoms. The molecule has 2 rings (SSSR count). The van der Waals surface area contributed by atoms with Gasteiger partial charge in [0.1, 0.15) is 0 Å². The third-order valence-electron chi connectivity index (χ3n) is 4.36. The number of hydrogen-bond donors (Lipinski definition) is 2. The highest BCUT2D eigenvalue weighted by Crippen LogP contribution is 2.22. The van der Waals surface area contributed by atoms with Crippen LogP contribution in [0.4, 0.5) is 5.69 Å². The molecule has 0 unspecified atom stereocenters. The Morgan fingerprint density at radius 3 is 2.17 bits per heavy atom.